The van der Waals surface area contributed by atoms with E-state index in [0.717, 1.165) is 14.6 Å². The highest BCUT2D eigenvalue weighted by atomic mass is 32.2. The van der Waals surface area contributed by atoms with Gasteiger partial charge in [0.2, 0.25) is 17.6 Å². The molecule has 1 N–H and O–H groups in total. The smallest absolute Gasteiger partial charge is 0.232 e. The molecule has 0 fully saturated rings. The van der Waals surface area contributed by atoms with Crippen LogP contribution in [0.1, 0.15) is 19.4 Å². The predicted molar refractivity (Wildman–Crippen MR) is 137 cm³/mol. The number of carbonyl (C=O) groups excluding carboxylic acids is 2. The molecule has 182 valence electrons. The molecule has 2 amide bonds. The minimum atomic E-state index is -0.186. The van der Waals surface area contributed by atoms with E-state index in [-0.39, 0.29) is 18.2 Å². The molecular weight excluding hydrogens is 474 g/mol. The number of methoxy groups -OCH3 is 3. The number of thiazole rings is 1. The topological polar surface area (TPSA) is 90.0 Å². The second-order valence-corrected chi connectivity index (χ2v) is 9.49. The van der Waals surface area contributed by atoms with E-state index in [4.69, 9.17) is 14.2 Å². The first-order chi connectivity index (χ1) is 16.4. The van der Waals surface area contributed by atoms with E-state index in [0.29, 0.717) is 47.3 Å². The minimum absolute atomic E-state index is 0.104. The van der Waals surface area contributed by atoms with Crippen LogP contribution in [0, 0.1) is 0 Å². The Bertz CT molecular complexity index is 1160. The third-order valence-corrected chi connectivity index (χ3v) is 7.37. The number of ether oxygens (including phenoxy) is 3. The summed E-state index contributed by atoms with van der Waals surface area (Å²) in [5.41, 5.74) is 2.20. The van der Waals surface area contributed by atoms with E-state index in [1.165, 1.54) is 37.3 Å². The number of aromatic nitrogens is 1. The normalized spacial score (nSPS) is 10.7. The number of amides is 2. The van der Waals surface area contributed by atoms with Crippen molar-refractivity contribution in [3.8, 4) is 17.2 Å². The standard InChI is InChI=1S/C24H29N3O5S2/c1-6-27(7-2)21(29)14-33-24-26-17-10-9-16(13-19(17)34-24)25-20(28)12-15-8-11-18(30-3)23(32-5)22(15)31-4/h8-11,13H,6-7,12,14H2,1-5H3,(H,25,28). The first-order valence-corrected chi connectivity index (χ1v) is 12.6. The Hall–Kier alpha value is -2.98. The van der Waals surface area contributed by atoms with Crippen LogP contribution in [0.25, 0.3) is 10.2 Å². The molecule has 1 aromatic heterocycles. The molecule has 3 aromatic rings. The maximum Gasteiger partial charge on any atom is 0.232 e. The summed E-state index contributed by atoms with van der Waals surface area (Å²) in [4.78, 5) is 31.4. The molecule has 0 aliphatic rings. The maximum absolute atomic E-state index is 12.7. The van der Waals surface area contributed by atoms with Crippen LogP contribution in [0.4, 0.5) is 5.69 Å². The second-order valence-electron chi connectivity index (χ2n) is 7.24. The van der Waals surface area contributed by atoms with Crippen LogP contribution in [0.2, 0.25) is 0 Å². The summed E-state index contributed by atoms with van der Waals surface area (Å²) < 4.78 is 17.9. The highest BCUT2D eigenvalue weighted by molar-refractivity contribution is 8.01. The number of fused-ring (bicyclic) bond motifs is 1. The summed E-state index contributed by atoms with van der Waals surface area (Å²) in [7, 11) is 4.61. The number of hydrogen-bond donors (Lipinski definition) is 1. The van der Waals surface area contributed by atoms with Gasteiger partial charge in [-0.25, -0.2) is 4.98 Å². The molecule has 0 aliphatic carbocycles. The van der Waals surface area contributed by atoms with Crippen molar-refractivity contribution in [3.63, 3.8) is 0 Å². The van der Waals surface area contributed by atoms with Crippen molar-refractivity contribution >= 4 is 50.8 Å². The van der Waals surface area contributed by atoms with E-state index in [1.807, 2.05) is 32.0 Å². The van der Waals surface area contributed by atoms with Crippen LogP contribution in [0.3, 0.4) is 0 Å². The van der Waals surface area contributed by atoms with Gasteiger partial charge in [-0.15, -0.1) is 11.3 Å². The fraction of sp³-hybridized carbons (Fsp3) is 0.375. The average molecular weight is 504 g/mol. The first-order valence-electron chi connectivity index (χ1n) is 10.8. The largest absolute Gasteiger partial charge is 0.493 e. The van der Waals surface area contributed by atoms with Gasteiger partial charge in [0.25, 0.3) is 0 Å². The summed E-state index contributed by atoms with van der Waals surface area (Å²) in [6.07, 6.45) is 0.110. The van der Waals surface area contributed by atoms with Gasteiger partial charge < -0.3 is 24.4 Å². The van der Waals surface area contributed by atoms with Gasteiger partial charge in [0.15, 0.2) is 15.8 Å². The molecule has 34 heavy (non-hydrogen) atoms. The highest BCUT2D eigenvalue weighted by Gasteiger charge is 2.18. The third-order valence-electron chi connectivity index (χ3n) is 5.22. The van der Waals surface area contributed by atoms with E-state index < -0.39 is 0 Å². The van der Waals surface area contributed by atoms with Crippen molar-refractivity contribution in [1.29, 1.82) is 0 Å². The van der Waals surface area contributed by atoms with Crippen LogP contribution in [-0.4, -0.2) is 61.9 Å². The number of anilines is 1. The average Bonchev–Trinajstić information content (AvgIpc) is 3.25. The molecular formula is C24H29N3O5S2. The van der Waals surface area contributed by atoms with Crippen molar-refractivity contribution < 1.29 is 23.8 Å². The van der Waals surface area contributed by atoms with Crippen molar-refractivity contribution in [3.05, 3.63) is 35.9 Å². The molecule has 2 aromatic carbocycles. The van der Waals surface area contributed by atoms with Crippen molar-refractivity contribution in [2.24, 2.45) is 0 Å². The van der Waals surface area contributed by atoms with Gasteiger partial charge in [0, 0.05) is 24.3 Å². The minimum Gasteiger partial charge on any atom is -0.493 e. The Balaban J connectivity index is 1.68. The lowest BCUT2D eigenvalue weighted by Gasteiger charge is -2.17. The number of carbonyl (C=O) groups is 2. The monoisotopic (exact) mass is 503 g/mol. The Morgan fingerprint density at radius 1 is 1.03 bits per heavy atom. The Morgan fingerprint density at radius 2 is 1.76 bits per heavy atom. The zero-order chi connectivity index (χ0) is 24.7. The van der Waals surface area contributed by atoms with Gasteiger partial charge in [0.1, 0.15) is 0 Å². The van der Waals surface area contributed by atoms with Crippen LogP contribution in [0.15, 0.2) is 34.7 Å². The van der Waals surface area contributed by atoms with Gasteiger partial charge >= 0.3 is 0 Å². The van der Waals surface area contributed by atoms with Crippen LogP contribution in [-0.2, 0) is 16.0 Å². The Kier molecular flexibility index (Phi) is 9.00. The van der Waals surface area contributed by atoms with Crippen molar-refractivity contribution in [2.45, 2.75) is 24.6 Å². The molecule has 10 heteroatoms. The zero-order valence-corrected chi connectivity index (χ0v) is 21.6. The van der Waals surface area contributed by atoms with Crippen molar-refractivity contribution in [2.75, 3.05) is 45.5 Å². The van der Waals surface area contributed by atoms with Crippen LogP contribution < -0.4 is 19.5 Å². The van der Waals surface area contributed by atoms with E-state index in [9.17, 15) is 9.59 Å². The molecule has 0 atom stereocenters. The molecule has 8 nitrogen and oxygen atoms in total. The van der Waals surface area contributed by atoms with E-state index >= 15 is 0 Å². The third kappa shape index (κ3) is 5.92. The Labute approximate surface area is 207 Å². The lowest BCUT2D eigenvalue weighted by molar-refractivity contribution is -0.128. The molecule has 0 aliphatic heterocycles. The summed E-state index contributed by atoms with van der Waals surface area (Å²) in [5.74, 6) is 1.73. The number of thioether (sulfide) groups is 1. The quantitative estimate of drug-likeness (QED) is 0.386. The fourth-order valence-electron chi connectivity index (χ4n) is 3.51. The Morgan fingerprint density at radius 3 is 2.41 bits per heavy atom. The number of hydrogen-bond acceptors (Lipinski definition) is 8. The summed E-state index contributed by atoms with van der Waals surface area (Å²) in [5, 5.41) is 2.93. The summed E-state index contributed by atoms with van der Waals surface area (Å²) in [6, 6.07) is 9.12. The molecule has 1 heterocycles. The maximum atomic E-state index is 12.7. The number of benzene rings is 2. The molecule has 0 saturated carbocycles. The van der Waals surface area contributed by atoms with E-state index in [1.54, 1.807) is 24.1 Å². The van der Waals surface area contributed by atoms with Gasteiger partial charge in [-0.1, -0.05) is 17.8 Å². The SMILES string of the molecule is CCN(CC)C(=O)CSc1nc2ccc(NC(=O)Cc3ccc(OC)c(OC)c3OC)cc2s1. The lowest BCUT2D eigenvalue weighted by atomic mass is 10.1. The summed E-state index contributed by atoms with van der Waals surface area (Å²) >= 11 is 2.94. The predicted octanol–water partition coefficient (Wildman–Crippen LogP) is 4.46. The lowest BCUT2D eigenvalue weighted by Crippen LogP contribution is -2.31. The molecule has 3 rings (SSSR count). The molecule has 0 spiro atoms. The fourth-order valence-corrected chi connectivity index (χ4v) is 5.53. The zero-order valence-electron chi connectivity index (χ0n) is 20.0. The van der Waals surface area contributed by atoms with Gasteiger partial charge in [-0.3, -0.25) is 9.59 Å². The van der Waals surface area contributed by atoms with Gasteiger partial charge in [-0.05, 0) is 38.1 Å². The van der Waals surface area contributed by atoms with Gasteiger partial charge in [0.05, 0.1) is 43.7 Å². The molecule has 0 unspecified atom stereocenters. The summed E-state index contributed by atoms with van der Waals surface area (Å²) in [6.45, 7) is 5.35. The second kappa shape index (κ2) is 11.9. The number of nitrogens with zero attached hydrogens (tertiary/aromatic N) is 2. The molecule has 0 saturated heterocycles. The first kappa shape index (κ1) is 25.6. The molecule has 0 radical (unpaired) electrons. The van der Waals surface area contributed by atoms with Crippen molar-refractivity contribution in [1.82, 2.24) is 9.88 Å². The van der Waals surface area contributed by atoms with E-state index in [2.05, 4.69) is 10.3 Å². The highest BCUT2D eigenvalue weighted by Crippen LogP contribution is 2.40. The van der Waals surface area contributed by atoms with Crippen LogP contribution >= 0.6 is 23.1 Å². The molecule has 0 bridgehead atoms. The van der Waals surface area contributed by atoms with Crippen LogP contribution in [0.5, 0.6) is 17.2 Å². The number of nitrogens with one attached hydrogen (secondary N) is 1. The number of rotatable bonds is 11. The van der Waals surface area contributed by atoms with Gasteiger partial charge in [-0.2, -0.15) is 0 Å².